The molecule has 3 N–H and O–H groups in total. The van der Waals surface area contributed by atoms with Crippen LogP contribution in [0.25, 0.3) is 0 Å². The van der Waals surface area contributed by atoms with Crippen molar-refractivity contribution in [3.05, 3.63) is 29.6 Å². The van der Waals surface area contributed by atoms with Gasteiger partial charge in [0.25, 0.3) is 5.91 Å². The van der Waals surface area contributed by atoms with Crippen LogP contribution in [0.1, 0.15) is 24.2 Å². The molecule has 1 saturated heterocycles. The predicted molar refractivity (Wildman–Crippen MR) is 68.0 cm³/mol. The van der Waals surface area contributed by atoms with Crippen molar-refractivity contribution in [1.29, 1.82) is 0 Å². The zero-order valence-electron chi connectivity index (χ0n) is 10.9. The molecule has 1 fully saturated rings. The Hall–Kier alpha value is -1.66. The summed E-state index contributed by atoms with van der Waals surface area (Å²) >= 11 is 0. The van der Waals surface area contributed by atoms with Gasteiger partial charge in [0.2, 0.25) is 0 Å². The van der Waals surface area contributed by atoms with E-state index in [2.05, 4.69) is 5.32 Å². The molecule has 1 atom stereocenters. The summed E-state index contributed by atoms with van der Waals surface area (Å²) in [6.45, 7) is 4.27. The SMILES string of the molecule is CC1(C)OCC(CNC(=O)c2ccc(N)cc2F)O1. The van der Waals surface area contributed by atoms with Crippen molar-refractivity contribution in [1.82, 2.24) is 5.32 Å². The summed E-state index contributed by atoms with van der Waals surface area (Å²) in [7, 11) is 0. The van der Waals surface area contributed by atoms with E-state index in [1.807, 2.05) is 0 Å². The Kier molecular flexibility index (Phi) is 3.73. The molecule has 1 aromatic carbocycles. The van der Waals surface area contributed by atoms with Gasteiger partial charge in [-0.1, -0.05) is 0 Å². The lowest BCUT2D eigenvalue weighted by molar-refractivity contribution is -0.137. The summed E-state index contributed by atoms with van der Waals surface area (Å²) in [6.07, 6.45) is -0.226. The molecule has 0 saturated carbocycles. The molecule has 1 unspecified atom stereocenters. The van der Waals surface area contributed by atoms with Crippen LogP contribution >= 0.6 is 0 Å². The first-order valence-corrected chi connectivity index (χ1v) is 6.02. The maximum absolute atomic E-state index is 13.5. The fourth-order valence-electron chi connectivity index (χ4n) is 1.88. The van der Waals surface area contributed by atoms with Crippen LogP contribution < -0.4 is 11.1 Å². The van der Waals surface area contributed by atoms with Crippen molar-refractivity contribution < 1.29 is 18.7 Å². The van der Waals surface area contributed by atoms with Crippen LogP contribution in [0.3, 0.4) is 0 Å². The first-order valence-electron chi connectivity index (χ1n) is 6.02. The first-order chi connectivity index (χ1) is 8.87. The highest BCUT2D eigenvalue weighted by Crippen LogP contribution is 2.21. The van der Waals surface area contributed by atoms with Gasteiger partial charge in [-0.05, 0) is 32.0 Å². The quantitative estimate of drug-likeness (QED) is 0.810. The Balaban J connectivity index is 1.91. The molecule has 0 aliphatic carbocycles. The number of ether oxygens (including phenoxy) is 2. The Morgan fingerprint density at radius 1 is 1.58 bits per heavy atom. The molecule has 0 spiro atoms. The second-order valence-corrected chi connectivity index (χ2v) is 4.90. The molecule has 0 aromatic heterocycles. The normalized spacial score (nSPS) is 21.3. The van der Waals surface area contributed by atoms with E-state index in [4.69, 9.17) is 15.2 Å². The molecule has 1 heterocycles. The monoisotopic (exact) mass is 268 g/mol. The number of nitrogen functional groups attached to an aromatic ring is 1. The van der Waals surface area contributed by atoms with E-state index in [-0.39, 0.29) is 23.9 Å². The molecule has 0 radical (unpaired) electrons. The van der Waals surface area contributed by atoms with Gasteiger partial charge in [0.05, 0.1) is 12.2 Å². The second-order valence-electron chi connectivity index (χ2n) is 4.90. The second kappa shape index (κ2) is 5.14. The number of rotatable bonds is 3. The lowest BCUT2D eigenvalue weighted by Crippen LogP contribution is -2.34. The predicted octanol–water partition coefficient (Wildman–Crippen LogP) is 1.29. The highest BCUT2D eigenvalue weighted by molar-refractivity contribution is 5.94. The minimum atomic E-state index is -0.638. The Labute approximate surface area is 110 Å². The molecular weight excluding hydrogens is 251 g/mol. The zero-order valence-corrected chi connectivity index (χ0v) is 10.9. The van der Waals surface area contributed by atoms with Crippen LogP contribution in [0, 0.1) is 5.82 Å². The van der Waals surface area contributed by atoms with Crippen molar-refractivity contribution in [2.75, 3.05) is 18.9 Å². The molecule has 19 heavy (non-hydrogen) atoms. The average molecular weight is 268 g/mol. The number of hydrogen-bond acceptors (Lipinski definition) is 4. The lowest BCUT2D eigenvalue weighted by atomic mass is 10.2. The van der Waals surface area contributed by atoms with Crippen molar-refractivity contribution in [3.8, 4) is 0 Å². The van der Waals surface area contributed by atoms with Crippen LogP contribution in [-0.4, -0.2) is 30.9 Å². The number of anilines is 1. The summed E-state index contributed by atoms with van der Waals surface area (Å²) in [6, 6.07) is 3.96. The Morgan fingerprint density at radius 3 is 2.89 bits per heavy atom. The molecule has 104 valence electrons. The van der Waals surface area contributed by atoms with Crippen LogP contribution in [0.5, 0.6) is 0 Å². The average Bonchev–Trinajstić information content (AvgIpc) is 2.66. The van der Waals surface area contributed by atoms with Crippen molar-refractivity contribution in [2.45, 2.75) is 25.7 Å². The largest absolute Gasteiger partial charge is 0.399 e. The van der Waals surface area contributed by atoms with Crippen LogP contribution in [0.2, 0.25) is 0 Å². The fourth-order valence-corrected chi connectivity index (χ4v) is 1.88. The number of nitrogens with one attached hydrogen (secondary N) is 1. The molecule has 1 amide bonds. The van der Waals surface area contributed by atoms with E-state index >= 15 is 0 Å². The van der Waals surface area contributed by atoms with Crippen molar-refractivity contribution in [3.63, 3.8) is 0 Å². The van der Waals surface area contributed by atoms with Crippen molar-refractivity contribution >= 4 is 11.6 Å². The summed E-state index contributed by atoms with van der Waals surface area (Å²) in [4.78, 5) is 11.8. The van der Waals surface area contributed by atoms with Gasteiger partial charge in [0.1, 0.15) is 11.9 Å². The molecule has 6 heteroatoms. The number of nitrogens with two attached hydrogens (primary N) is 1. The van der Waals surface area contributed by atoms with Gasteiger partial charge in [-0.2, -0.15) is 0 Å². The standard InChI is InChI=1S/C13H17FN2O3/c1-13(2)18-7-9(19-13)6-16-12(17)10-4-3-8(15)5-11(10)14/h3-5,9H,6-7,15H2,1-2H3,(H,16,17). The minimum Gasteiger partial charge on any atom is -0.399 e. The van der Waals surface area contributed by atoms with E-state index < -0.39 is 17.5 Å². The Bertz CT molecular complexity index is 491. The Morgan fingerprint density at radius 2 is 2.32 bits per heavy atom. The van der Waals surface area contributed by atoms with Crippen LogP contribution in [-0.2, 0) is 9.47 Å². The highest BCUT2D eigenvalue weighted by atomic mass is 19.1. The van der Waals surface area contributed by atoms with Gasteiger partial charge in [0, 0.05) is 12.2 Å². The first kappa shape index (κ1) is 13.8. The van der Waals surface area contributed by atoms with Crippen molar-refractivity contribution in [2.24, 2.45) is 0 Å². The number of benzene rings is 1. The number of halogens is 1. The summed E-state index contributed by atoms with van der Waals surface area (Å²) in [5, 5.41) is 2.61. The summed E-state index contributed by atoms with van der Waals surface area (Å²) in [5.74, 6) is -1.77. The fraction of sp³-hybridized carbons (Fsp3) is 0.462. The molecule has 1 aliphatic heterocycles. The van der Waals surface area contributed by atoms with E-state index in [1.165, 1.54) is 12.1 Å². The topological polar surface area (TPSA) is 73.6 Å². The molecule has 1 aliphatic rings. The number of carbonyl (C=O) groups excluding carboxylic acids is 1. The van der Waals surface area contributed by atoms with Gasteiger partial charge >= 0.3 is 0 Å². The van der Waals surface area contributed by atoms with E-state index in [0.29, 0.717) is 6.61 Å². The smallest absolute Gasteiger partial charge is 0.254 e. The third-order valence-corrected chi connectivity index (χ3v) is 2.80. The minimum absolute atomic E-state index is 0.0348. The number of carbonyl (C=O) groups is 1. The molecule has 2 rings (SSSR count). The molecule has 1 aromatic rings. The molecule has 5 nitrogen and oxygen atoms in total. The number of amides is 1. The van der Waals surface area contributed by atoms with Crippen LogP contribution in [0.4, 0.5) is 10.1 Å². The molecular formula is C13H17FN2O3. The zero-order chi connectivity index (χ0) is 14.0. The third kappa shape index (κ3) is 3.42. The maximum atomic E-state index is 13.5. The van der Waals surface area contributed by atoms with Gasteiger partial charge < -0.3 is 20.5 Å². The van der Waals surface area contributed by atoms with E-state index in [9.17, 15) is 9.18 Å². The van der Waals surface area contributed by atoms with E-state index in [0.717, 1.165) is 6.07 Å². The van der Waals surface area contributed by atoms with Crippen LogP contribution in [0.15, 0.2) is 18.2 Å². The summed E-state index contributed by atoms with van der Waals surface area (Å²) < 4.78 is 24.4. The summed E-state index contributed by atoms with van der Waals surface area (Å²) in [5.41, 5.74) is 5.67. The van der Waals surface area contributed by atoms with E-state index in [1.54, 1.807) is 13.8 Å². The van der Waals surface area contributed by atoms with Gasteiger partial charge in [-0.3, -0.25) is 4.79 Å². The number of hydrogen-bond donors (Lipinski definition) is 2. The third-order valence-electron chi connectivity index (χ3n) is 2.80. The van der Waals surface area contributed by atoms with Gasteiger partial charge in [-0.25, -0.2) is 4.39 Å². The lowest BCUT2D eigenvalue weighted by Gasteiger charge is -2.17. The maximum Gasteiger partial charge on any atom is 0.254 e. The van der Waals surface area contributed by atoms with Gasteiger partial charge in [0.15, 0.2) is 5.79 Å². The molecule has 0 bridgehead atoms. The highest BCUT2D eigenvalue weighted by Gasteiger charge is 2.32. The van der Waals surface area contributed by atoms with Gasteiger partial charge in [-0.15, -0.1) is 0 Å².